The van der Waals surface area contributed by atoms with Gasteiger partial charge in [0.1, 0.15) is 5.76 Å². The molecule has 0 aliphatic rings. The van der Waals surface area contributed by atoms with E-state index in [4.69, 9.17) is 4.74 Å². The molecule has 0 aromatic heterocycles. The van der Waals surface area contributed by atoms with Crippen LogP contribution in [0.2, 0.25) is 0 Å². The highest BCUT2D eigenvalue weighted by Crippen LogP contribution is 2.10. The fourth-order valence-corrected chi connectivity index (χ4v) is 0.776. The summed E-state index contributed by atoms with van der Waals surface area (Å²) in [6, 6.07) is 0. The largest absolute Gasteiger partial charge is 0.496 e. The van der Waals surface area contributed by atoms with Crippen molar-refractivity contribution in [2.75, 3.05) is 21.3 Å². The minimum Gasteiger partial charge on any atom is -0.496 e. The van der Waals surface area contributed by atoms with Crippen LogP contribution in [-0.4, -0.2) is 33.3 Å². The van der Waals surface area contributed by atoms with E-state index in [9.17, 15) is 9.59 Å². The van der Waals surface area contributed by atoms with Crippen LogP contribution >= 0.6 is 0 Å². The topological polar surface area (TPSA) is 61.8 Å². The van der Waals surface area contributed by atoms with Gasteiger partial charge in [-0.15, -0.1) is 0 Å². The number of methoxy groups -OCH3 is 3. The molecule has 0 aromatic rings. The lowest BCUT2D eigenvalue weighted by molar-refractivity contribution is -0.144. The van der Waals surface area contributed by atoms with Gasteiger partial charge >= 0.3 is 11.9 Å². The molecule has 0 aromatic carbocycles. The zero-order valence-corrected chi connectivity index (χ0v) is 8.33. The summed E-state index contributed by atoms with van der Waals surface area (Å²) in [5.41, 5.74) is -0.312. The highest BCUT2D eigenvalue weighted by atomic mass is 16.5. The van der Waals surface area contributed by atoms with E-state index < -0.39 is 11.9 Å². The Balaban J connectivity index is 5.26. The van der Waals surface area contributed by atoms with Crippen LogP contribution in [0.5, 0.6) is 0 Å². The number of hydrogen-bond donors (Lipinski definition) is 0. The van der Waals surface area contributed by atoms with Crippen molar-refractivity contribution in [2.24, 2.45) is 0 Å². The van der Waals surface area contributed by atoms with Crippen LogP contribution in [0.3, 0.4) is 0 Å². The first-order chi connectivity index (χ1) is 6.62. The van der Waals surface area contributed by atoms with Gasteiger partial charge in [-0.2, -0.15) is 0 Å². The fraction of sp³-hybridized carbons (Fsp3) is 0.333. The van der Waals surface area contributed by atoms with Crippen molar-refractivity contribution >= 4 is 11.9 Å². The maximum atomic E-state index is 11.2. The predicted molar refractivity (Wildman–Crippen MR) is 48.3 cm³/mol. The van der Waals surface area contributed by atoms with Crippen LogP contribution < -0.4 is 0 Å². The number of esters is 2. The van der Waals surface area contributed by atoms with Gasteiger partial charge in [-0.3, -0.25) is 0 Å². The summed E-state index contributed by atoms with van der Waals surface area (Å²) in [4.78, 5) is 22.3. The Bertz CT molecular complexity index is 259. The highest BCUT2D eigenvalue weighted by molar-refractivity contribution is 6.14. The van der Waals surface area contributed by atoms with Crippen molar-refractivity contribution in [3.05, 3.63) is 24.0 Å². The Morgan fingerprint density at radius 2 is 1.43 bits per heavy atom. The maximum absolute atomic E-state index is 11.2. The van der Waals surface area contributed by atoms with E-state index in [1.807, 2.05) is 0 Å². The summed E-state index contributed by atoms with van der Waals surface area (Å²) in [7, 11) is 3.62. The number of carbonyl (C=O) groups is 2. The molecule has 5 heteroatoms. The van der Waals surface area contributed by atoms with Gasteiger partial charge in [-0.1, -0.05) is 6.58 Å². The molecule has 0 amide bonds. The molecule has 0 radical (unpaired) electrons. The normalized spacial score (nSPS) is 8.50. The highest BCUT2D eigenvalue weighted by Gasteiger charge is 2.24. The molecule has 0 saturated heterocycles. The Labute approximate surface area is 81.9 Å². The molecule has 78 valence electrons. The average molecular weight is 200 g/mol. The first-order valence-electron chi connectivity index (χ1n) is 3.69. The zero-order valence-electron chi connectivity index (χ0n) is 8.33. The predicted octanol–water partition coefficient (Wildman–Crippen LogP) is 0.419. The fourth-order valence-electron chi connectivity index (χ4n) is 0.776. The monoisotopic (exact) mass is 200 g/mol. The summed E-state index contributed by atoms with van der Waals surface area (Å²) in [6.07, 6.45) is 1.23. The molecule has 0 fully saturated rings. The smallest absolute Gasteiger partial charge is 0.349 e. The van der Waals surface area contributed by atoms with Gasteiger partial charge in [0, 0.05) is 0 Å². The SMILES string of the molecule is C=CC(OC)=C(C(=O)OC)C(=O)OC. The molecule has 0 heterocycles. The zero-order chi connectivity index (χ0) is 11.1. The third kappa shape index (κ3) is 2.62. The number of ether oxygens (including phenoxy) is 3. The molecule has 0 N–H and O–H groups in total. The second-order valence-corrected chi connectivity index (χ2v) is 2.13. The summed E-state index contributed by atoms with van der Waals surface area (Å²) in [5.74, 6) is -1.63. The van der Waals surface area contributed by atoms with E-state index in [0.29, 0.717) is 0 Å². The van der Waals surface area contributed by atoms with Gasteiger partial charge < -0.3 is 14.2 Å². The molecule has 0 bridgehead atoms. The van der Waals surface area contributed by atoms with Crippen LogP contribution in [0.25, 0.3) is 0 Å². The van der Waals surface area contributed by atoms with E-state index in [1.165, 1.54) is 13.2 Å². The summed E-state index contributed by atoms with van der Waals surface area (Å²) in [5, 5.41) is 0. The van der Waals surface area contributed by atoms with Crippen molar-refractivity contribution in [3.8, 4) is 0 Å². The summed E-state index contributed by atoms with van der Waals surface area (Å²) < 4.78 is 13.6. The third-order valence-electron chi connectivity index (χ3n) is 1.43. The van der Waals surface area contributed by atoms with Gasteiger partial charge in [0.25, 0.3) is 0 Å². The van der Waals surface area contributed by atoms with E-state index in [-0.39, 0.29) is 11.3 Å². The molecule has 0 aliphatic carbocycles. The lowest BCUT2D eigenvalue weighted by atomic mass is 10.2. The van der Waals surface area contributed by atoms with Crippen LogP contribution in [0.1, 0.15) is 0 Å². The maximum Gasteiger partial charge on any atom is 0.349 e. The van der Waals surface area contributed by atoms with E-state index in [2.05, 4.69) is 16.1 Å². The second-order valence-electron chi connectivity index (χ2n) is 2.13. The minimum absolute atomic E-state index is 0.0173. The van der Waals surface area contributed by atoms with E-state index >= 15 is 0 Å². The molecule has 0 unspecified atom stereocenters. The molecular formula is C9H12O5. The second kappa shape index (κ2) is 5.80. The van der Waals surface area contributed by atoms with Gasteiger partial charge in [0.2, 0.25) is 0 Å². The number of carbonyl (C=O) groups excluding carboxylic acids is 2. The van der Waals surface area contributed by atoms with Gasteiger partial charge in [-0.25, -0.2) is 9.59 Å². The third-order valence-corrected chi connectivity index (χ3v) is 1.43. The molecular weight excluding hydrogens is 188 g/mol. The van der Waals surface area contributed by atoms with Crippen LogP contribution in [-0.2, 0) is 23.8 Å². The van der Waals surface area contributed by atoms with Gasteiger partial charge in [0.05, 0.1) is 21.3 Å². The molecule has 0 spiro atoms. The lowest BCUT2D eigenvalue weighted by Crippen LogP contribution is -2.18. The Kier molecular flexibility index (Phi) is 5.06. The number of hydrogen-bond acceptors (Lipinski definition) is 5. The van der Waals surface area contributed by atoms with Crippen molar-refractivity contribution < 1.29 is 23.8 Å². The first kappa shape index (κ1) is 12.2. The Hall–Kier alpha value is -1.78. The average Bonchev–Trinajstić information content (AvgIpc) is 2.23. The molecule has 0 atom stereocenters. The molecule has 0 saturated carbocycles. The Morgan fingerprint density at radius 1 is 1.00 bits per heavy atom. The minimum atomic E-state index is -0.825. The molecule has 5 nitrogen and oxygen atoms in total. The molecule has 0 rings (SSSR count). The van der Waals surface area contributed by atoms with E-state index in [0.717, 1.165) is 14.2 Å². The first-order valence-corrected chi connectivity index (χ1v) is 3.69. The van der Waals surface area contributed by atoms with Crippen LogP contribution in [0.15, 0.2) is 24.0 Å². The summed E-state index contributed by atoms with van der Waals surface area (Å²) in [6.45, 7) is 3.39. The molecule has 0 aliphatic heterocycles. The number of allylic oxidation sites excluding steroid dienone is 1. The summed E-state index contributed by atoms with van der Waals surface area (Å²) >= 11 is 0. The van der Waals surface area contributed by atoms with Crippen molar-refractivity contribution in [1.29, 1.82) is 0 Å². The standard InChI is InChI=1S/C9H12O5/c1-5-6(12-2)7(8(10)13-3)9(11)14-4/h5H,1H2,2-4H3. The van der Waals surface area contributed by atoms with Crippen molar-refractivity contribution in [3.63, 3.8) is 0 Å². The van der Waals surface area contributed by atoms with Crippen molar-refractivity contribution in [2.45, 2.75) is 0 Å². The Morgan fingerprint density at radius 3 is 1.64 bits per heavy atom. The molecule has 14 heavy (non-hydrogen) atoms. The number of rotatable bonds is 4. The van der Waals surface area contributed by atoms with E-state index in [1.54, 1.807) is 0 Å². The van der Waals surface area contributed by atoms with Crippen LogP contribution in [0.4, 0.5) is 0 Å². The van der Waals surface area contributed by atoms with Crippen molar-refractivity contribution in [1.82, 2.24) is 0 Å². The lowest BCUT2D eigenvalue weighted by Gasteiger charge is -2.07. The van der Waals surface area contributed by atoms with Gasteiger partial charge in [0.15, 0.2) is 5.57 Å². The quantitative estimate of drug-likeness (QED) is 0.164. The van der Waals surface area contributed by atoms with Gasteiger partial charge in [-0.05, 0) is 6.08 Å². The van der Waals surface area contributed by atoms with Crippen LogP contribution in [0, 0.1) is 0 Å².